The van der Waals surface area contributed by atoms with Gasteiger partial charge in [-0.15, -0.1) is 0 Å². The zero-order chi connectivity index (χ0) is 25.0. The fourth-order valence-electron chi connectivity index (χ4n) is 4.04. The Hall–Kier alpha value is -3.57. The zero-order valence-corrected chi connectivity index (χ0v) is 20.3. The second-order valence-corrected chi connectivity index (χ2v) is 9.80. The highest BCUT2D eigenvalue weighted by atomic mass is 32.2. The Morgan fingerprint density at radius 1 is 1.06 bits per heavy atom. The van der Waals surface area contributed by atoms with Crippen molar-refractivity contribution in [2.24, 2.45) is 0 Å². The summed E-state index contributed by atoms with van der Waals surface area (Å²) in [6.07, 6.45) is 4.40. The van der Waals surface area contributed by atoms with Crippen LogP contribution in [0, 0.1) is 0 Å². The number of ether oxygens (including phenoxy) is 1. The second-order valence-electron chi connectivity index (χ2n) is 8.26. The standard InChI is InChI=1S/C24H29N5O5S/c1-2-33-20-13-16(12-18-15-27-24(26)28-23(18)25)14-21(22(20)17-6-8-19(30)9-7-17)34-35(31,32)29-10-4-3-5-11-29/h6-9,13-15,30H,2-5,10-12H2,1H3,(H4,25,26,27,28). The van der Waals surface area contributed by atoms with Gasteiger partial charge in [0.05, 0.1) is 12.2 Å². The van der Waals surface area contributed by atoms with Crippen LogP contribution in [0.5, 0.6) is 17.2 Å². The molecular formula is C24H29N5O5S. The third-order valence-corrected chi connectivity index (χ3v) is 7.11. The molecule has 1 fully saturated rings. The lowest BCUT2D eigenvalue weighted by molar-refractivity contribution is 0.311. The summed E-state index contributed by atoms with van der Waals surface area (Å²) >= 11 is 0. The maximum atomic E-state index is 13.2. The van der Waals surface area contributed by atoms with Crippen LogP contribution in [-0.4, -0.2) is 47.5 Å². The number of piperidine rings is 1. The molecule has 1 aliphatic rings. The number of nitrogens with zero attached hydrogens (tertiary/aromatic N) is 3. The van der Waals surface area contributed by atoms with Crippen LogP contribution in [0.25, 0.3) is 11.1 Å². The molecule has 0 radical (unpaired) electrons. The van der Waals surface area contributed by atoms with Crippen molar-refractivity contribution in [3.8, 4) is 28.4 Å². The van der Waals surface area contributed by atoms with E-state index in [4.69, 9.17) is 20.4 Å². The summed E-state index contributed by atoms with van der Waals surface area (Å²) in [4.78, 5) is 8.01. The number of nitrogens with two attached hydrogens (primary N) is 2. The molecule has 3 aromatic rings. The molecule has 35 heavy (non-hydrogen) atoms. The van der Waals surface area contributed by atoms with Crippen molar-refractivity contribution in [1.82, 2.24) is 14.3 Å². The molecule has 186 valence electrons. The van der Waals surface area contributed by atoms with Gasteiger partial charge in [0.25, 0.3) is 0 Å². The van der Waals surface area contributed by atoms with E-state index < -0.39 is 10.3 Å². The number of hydrogen-bond acceptors (Lipinski definition) is 9. The summed E-state index contributed by atoms with van der Waals surface area (Å²) in [5.41, 5.74) is 14.1. The molecule has 2 heterocycles. The average molecular weight is 500 g/mol. The number of anilines is 2. The zero-order valence-electron chi connectivity index (χ0n) is 19.5. The lowest BCUT2D eigenvalue weighted by Crippen LogP contribution is -2.38. The van der Waals surface area contributed by atoms with Crippen molar-refractivity contribution in [1.29, 1.82) is 0 Å². The van der Waals surface area contributed by atoms with Gasteiger partial charge in [0.2, 0.25) is 5.95 Å². The molecule has 11 heteroatoms. The number of rotatable bonds is 8. The Bertz CT molecular complexity index is 1290. The monoisotopic (exact) mass is 499 g/mol. The molecule has 0 aliphatic carbocycles. The minimum absolute atomic E-state index is 0.0700. The van der Waals surface area contributed by atoms with Gasteiger partial charge in [-0.3, -0.25) is 0 Å². The maximum Gasteiger partial charge on any atom is 0.385 e. The van der Waals surface area contributed by atoms with Crippen molar-refractivity contribution in [3.63, 3.8) is 0 Å². The Morgan fingerprint density at radius 2 is 1.74 bits per heavy atom. The molecule has 0 unspecified atom stereocenters. The second kappa shape index (κ2) is 10.4. The molecule has 1 aromatic heterocycles. The van der Waals surface area contributed by atoms with E-state index in [1.54, 1.807) is 18.2 Å². The predicted molar refractivity (Wildman–Crippen MR) is 133 cm³/mol. The molecule has 2 aromatic carbocycles. The molecule has 0 amide bonds. The van der Waals surface area contributed by atoms with Gasteiger partial charge in [0.1, 0.15) is 17.3 Å². The molecule has 10 nitrogen and oxygen atoms in total. The topological polar surface area (TPSA) is 154 Å². The molecule has 1 saturated heterocycles. The predicted octanol–water partition coefficient (Wildman–Crippen LogP) is 3.11. The summed E-state index contributed by atoms with van der Waals surface area (Å²) in [7, 11) is -4.05. The van der Waals surface area contributed by atoms with Gasteiger partial charge < -0.3 is 25.5 Å². The fraction of sp³-hybridized carbons (Fsp3) is 0.333. The van der Waals surface area contributed by atoms with E-state index in [-0.39, 0.29) is 23.3 Å². The number of phenolic OH excluding ortho intramolecular Hbond substituents is 1. The van der Waals surface area contributed by atoms with Gasteiger partial charge in [-0.2, -0.15) is 17.7 Å². The molecule has 0 bridgehead atoms. The molecular weight excluding hydrogens is 470 g/mol. The van der Waals surface area contributed by atoms with Crippen molar-refractivity contribution in [2.45, 2.75) is 32.6 Å². The minimum atomic E-state index is -4.05. The maximum absolute atomic E-state index is 13.2. The highest BCUT2D eigenvalue weighted by molar-refractivity contribution is 7.84. The number of hydrogen-bond donors (Lipinski definition) is 3. The normalized spacial score (nSPS) is 14.5. The third kappa shape index (κ3) is 5.75. The van der Waals surface area contributed by atoms with Crippen LogP contribution in [0.4, 0.5) is 11.8 Å². The highest BCUT2D eigenvalue weighted by Gasteiger charge is 2.28. The number of benzene rings is 2. The highest BCUT2D eigenvalue weighted by Crippen LogP contribution is 2.42. The van der Waals surface area contributed by atoms with Crippen LogP contribution >= 0.6 is 0 Å². The van der Waals surface area contributed by atoms with Crippen molar-refractivity contribution in [3.05, 3.63) is 53.7 Å². The van der Waals surface area contributed by atoms with E-state index in [0.29, 0.717) is 54.1 Å². The van der Waals surface area contributed by atoms with Gasteiger partial charge in [-0.25, -0.2) is 4.98 Å². The van der Waals surface area contributed by atoms with E-state index in [9.17, 15) is 13.5 Å². The molecule has 0 spiro atoms. The summed E-state index contributed by atoms with van der Waals surface area (Å²) in [5.74, 6) is 0.958. The molecule has 5 N–H and O–H groups in total. The van der Waals surface area contributed by atoms with Crippen LogP contribution < -0.4 is 20.4 Å². The van der Waals surface area contributed by atoms with Crippen LogP contribution in [0.1, 0.15) is 37.3 Å². The Morgan fingerprint density at radius 3 is 2.40 bits per heavy atom. The van der Waals surface area contributed by atoms with Crippen molar-refractivity contribution < 1.29 is 22.4 Å². The summed E-state index contributed by atoms with van der Waals surface area (Å²) < 4.78 is 39.4. The van der Waals surface area contributed by atoms with Crippen molar-refractivity contribution >= 4 is 22.1 Å². The van der Waals surface area contributed by atoms with Crippen LogP contribution in [-0.2, 0) is 16.7 Å². The quantitative estimate of drug-likeness (QED) is 0.424. The van der Waals surface area contributed by atoms with E-state index in [0.717, 1.165) is 19.3 Å². The van der Waals surface area contributed by atoms with Crippen LogP contribution in [0.3, 0.4) is 0 Å². The summed E-state index contributed by atoms with van der Waals surface area (Å²) in [6.45, 7) is 3.01. The first-order valence-corrected chi connectivity index (χ1v) is 12.8. The summed E-state index contributed by atoms with van der Waals surface area (Å²) in [6, 6.07) is 9.87. The number of nitrogen functional groups attached to an aromatic ring is 2. The lowest BCUT2D eigenvalue weighted by Gasteiger charge is -2.26. The van der Waals surface area contributed by atoms with Gasteiger partial charge >= 0.3 is 10.3 Å². The molecule has 0 saturated carbocycles. The number of aromatic hydroxyl groups is 1. The van der Waals surface area contributed by atoms with Crippen molar-refractivity contribution in [2.75, 3.05) is 31.2 Å². The van der Waals surface area contributed by atoms with E-state index in [1.807, 2.05) is 13.0 Å². The largest absolute Gasteiger partial charge is 0.508 e. The van der Waals surface area contributed by atoms with Gasteiger partial charge in [-0.05, 0) is 55.2 Å². The molecule has 1 aliphatic heterocycles. The Labute approximate surface area is 204 Å². The number of aromatic nitrogens is 2. The van der Waals surface area contributed by atoms with Gasteiger partial charge in [0, 0.05) is 31.3 Å². The summed E-state index contributed by atoms with van der Waals surface area (Å²) in [5, 5.41) is 9.76. The average Bonchev–Trinajstić information content (AvgIpc) is 2.82. The van der Waals surface area contributed by atoms with E-state index in [2.05, 4.69) is 9.97 Å². The Balaban J connectivity index is 1.82. The first-order chi connectivity index (χ1) is 16.8. The van der Waals surface area contributed by atoms with E-state index >= 15 is 0 Å². The van der Waals surface area contributed by atoms with Crippen LogP contribution in [0.2, 0.25) is 0 Å². The van der Waals surface area contributed by atoms with Gasteiger partial charge in [0.15, 0.2) is 5.75 Å². The minimum Gasteiger partial charge on any atom is -0.508 e. The first-order valence-electron chi connectivity index (χ1n) is 11.4. The van der Waals surface area contributed by atoms with E-state index in [1.165, 1.54) is 22.6 Å². The lowest BCUT2D eigenvalue weighted by atomic mass is 9.98. The molecule has 0 atom stereocenters. The molecule has 4 rings (SSSR count). The smallest absolute Gasteiger partial charge is 0.385 e. The fourth-order valence-corrected chi connectivity index (χ4v) is 5.21. The SMILES string of the molecule is CCOc1cc(Cc2cnc(N)nc2N)cc(OS(=O)(=O)N2CCCCC2)c1-c1ccc(O)cc1. The van der Waals surface area contributed by atoms with Gasteiger partial charge in [-0.1, -0.05) is 18.6 Å². The Kier molecular flexibility index (Phi) is 7.27. The third-order valence-electron chi connectivity index (χ3n) is 5.72. The number of phenols is 1. The first kappa shape index (κ1) is 24.6. The van der Waals surface area contributed by atoms with Crippen LogP contribution in [0.15, 0.2) is 42.6 Å².